The van der Waals surface area contributed by atoms with Gasteiger partial charge in [-0.2, -0.15) is 13.2 Å². The molecule has 398 valence electrons. The number of fused-ring (bicyclic) bond motifs is 3. The Morgan fingerprint density at radius 3 is 2.01 bits per heavy atom. The molecule has 1 heterocycles. The average molecular weight is 1100 g/mol. The Morgan fingerprint density at radius 2 is 1.46 bits per heavy atom. The first-order chi connectivity index (χ1) is 34.4. The second-order valence-electron chi connectivity index (χ2n) is 16.4. The van der Waals surface area contributed by atoms with Crippen molar-refractivity contribution < 1.29 is 70.7 Å². The number of aliphatic carboxylic acids is 1. The highest BCUT2D eigenvalue weighted by Crippen LogP contribution is 2.45. The van der Waals surface area contributed by atoms with Crippen LogP contribution >= 0.6 is 27.5 Å². The number of halogens is 5. The smallest absolute Gasteiger partial charge is 0.490 e. The quantitative estimate of drug-likeness (QED) is 0.0274. The van der Waals surface area contributed by atoms with Crippen molar-refractivity contribution in [2.75, 3.05) is 101 Å². The standard InChI is InChI=1S/C47H64BrClN6O10.C2HF3O2/c1-32(2)45(54-41(56)17-20-62-22-24-64-26-27-65-25-23-63-21-19-51-42(57)29-48)47(60)52-38(10-6-7-18-50)46(59)53-39-28-40-44(37-9-5-4-8-36(37)39)34(30-49)31-55(40)43(58)16-13-33-11-14-35(61-3)15-12-33;3-2(4,5)1(6)7/h4-5,8-9,11-16,28,32,34,38,45H,6-7,10,17-27,29-31,50H2,1-3H3,(H,51,57)(H,52,60)(H,53,59)(H,54,56);(H,6,7)/b16-13+;/t34?,38-,45-;/m0./s1. The van der Waals surface area contributed by atoms with Gasteiger partial charge in [-0.15, -0.1) is 11.6 Å². The molecule has 5 amide bonds. The molecule has 0 aromatic heterocycles. The molecule has 0 bridgehead atoms. The van der Waals surface area contributed by atoms with E-state index in [2.05, 4.69) is 37.2 Å². The predicted octanol–water partition coefficient (Wildman–Crippen LogP) is 5.52. The summed E-state index contributed by atoms with van der Waals surface area (Å²) in [7, 11) is 1.59. The van der Waals surface area contributed by atoms with E-state index >= 15 is 0 Å². The van der Waals surface area contributed by atoms with E-state index in [1.54, 1.807) is 24.2 Å². The van der Waals surface area contributed by atoms with Gasteiger partial charge in [-0.25, -0.2) is 4.79 Å². The van der Waals surface area contributed by atoms with Crippen LogP contribution in [0.3, 0.4) is 0 Å². The van der Waals surface area contributed by atoms with Crippen molar-refractivity contribution in [3.05, 3.63) is 71.8 Å². The molecular formula is C49H65BrClF3N6O12. The molecule has 4 rings (SSSR count). The molecule has 23 heteroatoms. The number of nitrogens with zero attached hydrogens (tertiary/aromatic N) is 1. The average Bonchev–Trinajstić information content (AvgIpc) is 3.74. The molecule has 1 aliphatic rings. The second-order valence-corrected chi connectivity index (χ2v) is 17.3. The molecule has 3 atom stereocenters. The summed E-state index contributed by atoms with van der Waals surface area (Å²) in [4.78, 5) is 76.5. The number of methoxy groups -OCH3 is 1. The number of carboxylic acids is 1. The SMILES string of the molecule is COc1ccc(/C=C/C(=O)N2CC(CCl)c3c2cc(NC(=O)[C@H](CCCCN)NC(=O)[C@@H](NC(=O)CCOCCOCCOCCOCCNC(=O)CBr)C(C)C)c2ccccc32)cc1.O=C(O)C(F)(F)F. The zero-order valence-electron chi connectivity index (χ0n) is 40.5. The minimum Gasteiger partial charge on any atom is -0.497 e. The van der Waals surface area contributed by atoms with Gasteiger partial charge in [0.2, 0.25) is 23.6 Å². The normalized spacial score (nSPS) is 14.0. The Labute approximate surface area is 430 Å². The summed E-state index contributed by atoms with van der Waals surface area (Å²) in [5.74, 6) is -3.83. The van der Waals surface area contributed by atoms with E-state index in [0.717, 1.165) is 21.9 Å². The van der Waals surface area contributed by atoms with E-state index in [4.69, 9.17) is 50.9 Å². The summed E-state index contributed by atoms with van der Waals surface area (Å²) in [6.45, 7) is 7.51. The van der Waals surface area contributed by atoms with E-state index in [0.29, 0.717) is 95.7 Å². The lowest BCUT2D eigenvalue weighted by atomic mass is 9.94. The summed E-state index contributed by atoms with van der Waals surface area (Å²) in [6.07, 6.45) is -0.280. The summed E-state index contributed by atoms with van der Waals surface area (Å²) < 4.78 is 58.9. The summed E-state index contributed by atoms with van der Waals surface area (Å²) in [6, 6.07) is 14.9. The summed E-state index contributed by atoms with van der Waals surface area (Å²) in [5, 5.41) is 20.5. The number of ether oxygens (including phenoxy) is 5. The number of carbonyl (C=O) groups is 6. The fourth-order valence-electron chi connectivity index (χ4n) is 7.12. The van der Waals surface area contributed by atoms with Crippen LogP contribution in [0.15, 0.2) is 60.7 Å². The van der Waals surface area contributed by atoms with Gasteiger partial charge in [-0.05, 0) is 72.5 Å². The van der Waals surface area contributed by atoms with E-state index in [1.165, 1.54) is 6.08 Å². The number of nitrogens with two attached hydrogens (primary N) is 1. The maximum absolute atomic E-state index is 14.2. The minimum absolute atomic E-state index is 0.0204. The van der Waals surface area contributed by atoms with Gasteiger partial charge < -0.3 is 60.7 Å². The fraction of sp³-hybridized carbons (Fsp3) is 0.510. The van der Waals surface area contributed by atoms with Crippen molar-refractivity contribution in [3.63, 3.8) is 0 Å². The number of nitrogens with one attached hydrogen (secondary N) is 4. The topological polar surface area (TPSA) is 246 Å². The maximum atomic E-state index is 14.2. The maximum Gasteiger partial charge on any atom is 0.490 e. The Morgan fingerprint density at radius 1 is 0.861 bits per heavy atom. The number of anilines is 2. The van der Waals surface area contributed by atoms with Crippen LogP contribution in [-0.4, -0.2) is 150 Å². The molecule has 0 fully saturated rings. The Bertz CT molecular complexity index is 2240. The first kappa shape index (κ1) is 60.9. The van der Waals surface area contributed by atoms with Crippen LogP contribution in [0.4, 0.5) is 24.5 Å². The lowest BCUT2D eigenvalue weighted by Crippen LogP contribution is -2.54. The monoisotopic (exact) mass is 1100 g/mol. The van der Waals surface area contributed by atoms with E-state index < -0.39 is 36.0 Å². The number of unbranched alkanes of at least 4 members (excludes halogenated alkanes) is 1. The molecule has 18 nitrogen and oxygen atoms in total. The third-order valence-corrected chi connectivity index (χ3v) is 11.7. The van der Waals surface area contributed by atoms with Crippen LogP contribution in [-0.2, 0) is 47.7 Å². The number of carbonyl (C=O) groups excluding carboxylic acids is 5. The van der Waals surface area contributed by atoms with Crippen molar-refractivity contribution >= 4 is 91.3 Å². The molecular weight excluding hydrogens is 1040 g/mol. The fourth-order valence-corrected chi connectivity index (χ4v) is 7.57. The van der Waals surface area contributed by atoms with E-state index in [1.807, 2.05) is 62.4 Å². The first-order valence-corrected chi connectivity index (χ1v) is 24.9. The molecule has 72 heavy (non-hydrogen) atoms. The summed E-state index contributed by atoms with van der Waals surface area (Å²) >= 11 is 9.59. The molecule has 0 saturated carbocycles. The third-order valence-electron chi connectivity index (χ3n) is 10.8. The van der Waals surface area contributed by atoms with Crippen LogP contribution in [0, 0.1) is 5.92 Å². The number of carboxylic acid groups (broad SMARTS) is 1. The highest BCUT2D eigenvalue weighted by molar-refractivity contribution is 9.09. The zero-order chi connectivity index (χ0) is 53.1. The van der Waals surface area contributed by atoms with Crippen molar-refractivity contribution in [1.29, 1.82) is 0 Å². The zero-order valence-corrected chi connectivity index (χ0v) is 42.9. The molecule has 3 aromatic carbocycles. The Hall–Kier alpha value is -5.36. The number of benzene rings is 3. The third kappa shape index (κ3) is 21.0. The first-order valence-electron chi connectivity index (χ1n) is 23.2. The van der Waals surface area contributed by atoms with Gasteiger partial charge in [-0.3, -0.25) is 24.0 Å². The number of hydrogen-bond acceptors (Lipinski definition) is 12. The van der Waals surface area contributed by atoms with Crippen LogP contribution in [0.1, 0.15) is 56.6 Å². The van der Waals surface area contributed by atoms with Crippen molar-refractivity contribution in [2.45, 2.75) is 63.7 Å². The number of alkyl halides is 5. The Balaban J connectivity index is 0.00000181. The van der Waals surface area contributed by atoms with Crippen LogP contribution < -0.4 is 36.6 Å². The van der Waals surface area contributed by atoms with Gasteiger partial charge in [0.05, 0.1) is 76.7 Å². The predicted molar refractivity (Wildman–Crippen MR) is 270 cm³/mol. The molecule has 7 N–H and O–H groups in total. The Kier molecular flexibility index (Phi) is 27.6. The van der Waals surface area contributed by atoms with Crippen molar-refractivity contribution in [2.24, 2.45) is 11.7 Å². The van der Waals surface area contributed by atoms with Crippen LogP contribution in [0.5, 0.6) is 5.75 Å². The number of amides is 5. The highest BCUT2D eigenvalue weighted by atomic mass is 79.9. The lowest BCUT2D eigenvalue weighted by Gasteiger charge is -2.26. The summed E-state index contributed by atoms with van der Waals surface area (Å²) in [5.41, 5.74) is 8.68. The van der Waals surface area contributed by atoms with Gasteiger partial charge in [0, 0.05) is 42.8 Å². The van der Waals surface area contributed by atoms with Gasteiger partial charge in [-0.1, -0.05) is 66.2 Å². The van der Waals surface area contributed by atoms with E-state index in [9.17, 15) is 37.1 Å². The number of rotatable bonds is 30. The van der Waals surface area contributed by atoms with Crippen molar-refractivity contribution in [3.8, 4) is 5.75 Å². The molecule has 0 radical (unpaired) electrons. The number of hydrogen-bond donors (Lipinski definition) is 6. The van der Waals surface area contributed by atoms with Gasteiger partial charge in [0.1, 0.15) is 17.8 Å². The minimum atomic E-state index is -5.08. The highest BCUT2D eigenvalue weighted by Gasteiger charge is 2.38. The molecule has 0 aliphatic carbocycles. The molecule has 0 saturated heterocycles. The lowest BCUT2D eigenvalue weighted by molar-refractivity contribution is -0.192. The van der Waals surface area contributed by atoms with Crippen molar-refractivity contribution in [1.82, 2.24) is 16.0 Å². The largest absolute Gasteiger partial charge is 0.497 e. The molecule has 1 unspecified atom stereocenters. The van der Waals surface area contributed by atoms with Crippen LogP contribution in [0.25, 0.3) is 16.8 Å². The second kappa shape index (κ2) is 32.7. The molecule has 1 aliphatic heterocycles. The van der Waals surface area contributed by atoms with E-state index in [-0.39, 0.29) is 60.4 Å². The van der Waals surface area contributed by atoms with Gasteiger partial charge >= 0.3 is 12.1 Å². The van der Waals surface area contributed by atoms with Gasteiger partial charge in [0.25, 0.3) is 5.91 Å². The van der Waals surface area contributed by atoms with Gasteiger partial charge in [0.15, 0.2) is 0 Å². The molecule has 3 aromatic rings. The molecule has 0 spiro atoms. The van der Waals surface area contributed by atoms with Crippen LogP contribution in [0.2, 0.25) is 0 Å².